The van der Waals surface area contributed by atoms with Gasteiger partial charge >= 0.3 is 0 Å². The predicted octanol–water partition coefficient (Wildman–Crippen LogP) is -11.2. The summed E-state index contributed by atoms with van der Waals surface area (Å²) >= 11 is 0. The minimum absolute atomic E-state index is 0.923. The molecule has 22 heterocycles. The van der Waals surface area contributed by atoms with Crippen LogP contribution in [0.5, 0.6) is 0 Å². The van der Waals surface area contributed by atoms with Crippen LogP contribution in [0.3, 0.4) is 0 Å². The molecule has 22 aliphatic heterocycles. The summed E-state index contributed by atoms with van der Waals surface area (Å²) in [4.78, 5) is 0. The van der Waals surface area contributed by atoms with E-state index in [0.29, 0.717) is 0 Å². The van der Waals surface area contributed by atoms with Gasteiger partial charge in [0, 0.05) is 0 Å². The Morgan fingerprint density at radius 3 is 0.657 bits per heavy atom. The zero-order valence-electron chi connectivity index (χ0n) is 38.0. The molecule has 0 aromatic heterocycles. The van der Waals surface area contributed by atoms with Crippen molar-refractivity contribution in [2.24, 2.45) is 0 Å². The van der Waals surface area contributed by atoms with Crippen molar-refractivity contribution in [2.45, 2.75) is 211 Å². The monoisotopic (exact) mass is 1030 g/mol. The van der Waals surface area contributed by atoms with Gasteiger partial charge in [-0.15, -0.1) is 0 Å². The van der Waals surface area contributed by atoms with Crippen LogP contribution in [0.25, 0.3) is 0 Å². The smallest absolute Gasteiger partial charge is 0.187 e. The van der Waals surface area contributed by atoms with E-state index in [9.17, 15) is 86.8 Å². The third kappa shape index (κ3) is 11.3. The third-order valence-corrected chi connectivity index (χ3v) is 13.1. The van der Waals surface area contributed by atoms with Gasteiger partial charge in [-0.05, 0) is 20.8 Å². The molecule has 0 amide bonds. The largest absolute Gasteiger partial charge is 0.394 e. The second-order valence-corrected chi connectivity index (χ2v) is 19.0. The lowest BCUT2D eigenvalue weighted by Gasteiger charge is -2.51. The first kappa shape index (κ1) is 56.5. The maximum Gasteiger partial charge on any atom is 0.187 e. The normalized spacial score (nSPS) is 53.1. The fourth-order valence-electron chi connectivity index (χ4n) is 9.46. The van der Waals surface area contributed by atoms with Gasteiger partial charge in [0.05, 0.1) is 45.2 Å². The van der Waals surface area contributed by atoms with Crippen molar-refractivity contribution in [3.8, 4) is 0 Å². The zero-order chi connectivity index (χ0) is 51.3. The predicted molar refractivity (Wildman–Crippen MR) is 214 cm³/mol. The van der Waals surface area contributed by atoms with Crippen molar-refractivity contribution >= 4 is 0 Å². The molecule has 22 saturated heterocycles. The molecule has 22 aliphatic rings. The fraction of sp³-hybridized carbons (Fsp3) is 1.00. The van der Waals surface area contributed by atoms with Crippen molar-refractivity contribution in [1.29, 1.82) is 0 Å². The van der Waals surface area contributed by atoms with Crippen LogP contribution in [0.1, 0.15) is 20.8 Å². The highest BCUT2D eigenvalue weighted by molar-refractivity contribution is 5.01. The van der Waals surface area contributed by atoms with E-state index in [1.165, 1.54) is 0 Å². The van der Waals surface area contributed by atoms with Gasteiger partial charge in [0.25, 0.3) is 0 Å². The Balaban J connectivity index is 1.22. The highest BCUT2D eigenvalue weighted by Crippen LogP contribution is 2.39. The Labute approximate surface area is 398 Å². The highest BCUT2D eigenvalue weighted by atomic mass is 16.8. The summed E-state index contributed by atoms with van der Waals surface area (Å²) in [5.74, 6) is 0. The van der Waals surface area contributed by atoms with E-state index in [1.54, 1.807) is 20.8 Å². The topological polar surface area (TPSA) is 464 Å². The van der Waals surface area contributed by atoms with Crippen LogP contribution in [0.4, 0.5) is 0 Å². The summed E-state index contributed by atoms with van der Waals surface area (Å²) in [6, 6.07) is 0. The fourth-order valence-corrected chi connectivity index (χ4v) is 9.46. The molecule has 22 fully saturated rings. The average Bonchev–Trinajstić information content (AvgIpc) is 3.33. The molecule has 0 spiro atoms. The van der Waals surface area contributed by atoms with E-state index in [1.807, 2.05) is 0 Å². The van der Waals surface area contributed by atoms with Crippen LogP contribution in [0, 0.1) is 0 Å². The molecule has 0 aromatic rings. The van der Waals surface area contributed by atoms with Gasteiger partial charge in [-0.3, -0.25) is 0 Å². The van der Waals surface area contributed by atoms with Crippen molar-refractivity contribution in [3.63, 3.8) is 0 Å². The molecule has 22 rings (SSSR count). The van der Waals surface area contributed by atoms with Gasteiger partial charge in [0.1, 0.15) is 146 Å². The van der Waals surface area contributed by atoms with Crippen LogP contribution in [-0.2, 0) is 61.6 Å². The maximum absolute atomic E-state index is 11.8. The van der Waals surface area contributed by atoms with Crippen molar-refractivity contribution in [2.75, 3.05) is 39.6 Å². The summed E-state index contributed by atoms with van der Waals surface area (Å²) in [6.07, 6.45) is -57.0. The molecule has 17 N–H and O–H groups in total. The quantitative estimate of drug-likeness (QED) is 0.113. The van der Waals surface area contributed by atoms with Gasteiger partial charge in [0.2, 0.25) is 0 Å². The van der Waals surface area contributed by atoms with Gasteiger partial charge in [-0.2, -0.15) is 0 Å². The van der Waals surface area contributed by atoms with E-state index < -0.39 is 229 Å². The summed E-state index contributed by atoms with van der Waals surface area (Å²) in [6.45, 7) is -1.10. The van der Waals surface area contributed by atoms with Crippen molar-refractivity contribution in [1.82, 2.24) is 0 Å². The van der Waals surface area contributed by atoms with Crippen molar-refractivity contribution < 1.29 is 148 Å². The molecule has 0 radical (unpaired) electrons. The minimum atomic E-state index is -2.14. The molecule has 0 aliphatic carbocycles. The highest BCUT2D eigenvalue weighted by Gasteiger charge is 2.59. The lowest BCUT2D eigenvalue weighted by molar-refractivity contribution is -0.406. The molecule has 12 bridgehead atoms. The first-order valence-electron chi connectivity index (χ1n) is 22.8. The number of rotatable bonds is 7. The molecule has 30 nitrogen and oxygen atoms in total. The number of aliphatic hydroxyl groups excluding tert-OH is 17. The van der Waals surface area contributed by atoms with Crippen LogP contribution < -0.4 is 0 Å². The first-order valence-corrected chi connectivity index (χ1v) is 22.8. The number of ether oxygens (including phenoxy) is 13. The second kappa shape index (κ2) is 23.4. The van der Waals surface area contributed by atoms with Crippen molar-refractivity contribution in [3.05, 3.63) is 0 Å². The van der Waals surface area contributed by atoms with E-state index in [2.05, 4.69) is 0 Å². The Kier molecular flexibility index (Phi) is 18.9. The van der Waals surface area contributed by atoms with E-state index >= 15 is 0 Å². The maximum atomic E-state index is 11.8. The molecule has 0 saturated carbocycles. The lowest BCUT2D eigenvalue weighted by atomic mass is 9.94. The Morgan fingerprint density at radius 2 is 0.457 bits per heavy atom. The van der Waals surface area contributed by atoms with Gasteiger partial charge in [-0.1, -0.05) is 0 Å². The van der Waals surface area contributed by atoms with E-state index in [0.717, 1.165) is 0 Å². The third-order valence-electron chi connectivity index (χ3n) is 13.1. The summed E-state index contributed by atoms with van der Waals surface area (Å²) < 4.78 is 75.6. The zero-order valence-corrected chi connectivity index (χ0v) is 38.0. The number of hydrogen-bond donors (Lipinski definition) is 17. The number of aliphatic hydroxyl groups is 17. The summed E-state index contributed by atoms with van der Waals surface area (Å²) in [5, 5.41) is 187. The first-order chi connectivity index (χ1) is 33.1. The van der Waals surface area contributed by atoms with Crippen LogP contribution in [0.2, 0.25) is 0 Å². The molecule has 408 valence electrons. The molecule has 30 heteroatoms. The number of hydrogen-bond acceptors (Lipinski definition) is 30. The molecule has 0 unspecified atom stereocenters. The van der Waals surface area contributed by atoms with Gasteiger partial charge in [0.15, 0.2) is 37.7 Å². The Morgan fingerprint density at radius 1 is 0.271 bits per heavy atom. The Hall–Kier alpha value is -1.20. The standard InChI is InChI=1S/C40H68O30/c1-40(2,3)70-33-26(57)39-63-15(9-46)32(33)69-38-25(56)20(51)30(13(7-44)62-38)67-36-23(54)18(49)28(11(5-42)60-36)65-34-21(52)16(47)27(10(4-41)58-34)64-35-22(53)17(48)29(12(6-43)59-35)66-37-24(55)19(50)31(68-39)14(8-45)61-37/h10-39,41-57H,4-9H2,1-3H3/t10-,11-,12-,13-,14-,15-,16-,17-,18-,19-,20-,21-,22-,23-,24-,25-,26-,27-,28-,29-,30-,31-,32+,33-,34-,35-,36-,37-,38-,39-/m1/s1. The van der Waals surface area contributed by atoms with Crippen LogP contribution in [0.15, 0.2) is 0 Å². The molecule has 70 heavy (non-hydrogen) atoms. The average molecular weight is 1030 g/mol. The van der Waals surface area contributed by atoms with Gasteiger partial charge in [-0.25, -0.2) is 0 Å². The van der Waals surface area contributed by atoms with E-state index in [4.69, 9.17) is 61.6 Å². The lowest BCUT2D eigenvalue weighted by Crippen LogP contribution is -2.69. The summed E-state index contributed by atoms with van der Waals surface area (Å²) in [7, 11) is 0. The molecular formula is C40H68O30. The van der Waals surface area contributed by atoms with E-state index in [-0.39, 0.29) is 0 Å². The summed E-state index contributed by atoms with van der Waals surface area (Å²) in [5.41, 5.74) is -1.12. The molecular weight excluding hydrogens is 960 g/mol. The van der Waals surface area contributed by atoms with Crippen LogP contribution in [-0.4, -0.2) is 316 Å². The molecule has 30 atom stereocenters. The van der Waals surface area contributed by atoms with Crippen LogP contribution >= 0.6 is 0 Å². The SMILES string of the molecule is CC(C)(C)O[C@@H]1[C@@H](O)[C@H]2O[C@H]3[C@H](O)[C@@H](O)[C@@H](O[C@H]4[C@H](O)[C@@H](O)[C@@H](O[C@H]5[C@H](O)[C@@H](O)[C@@H](O[C@H]6[C@H](O)[C@@H](O)[C@@H](O[C@H]7[C@H](O)[C@@H](O)[C@@H](O[C@H]1[C@@H](CO)O2)O[C@@H]7CO)O[C@@H]6CO)O[C@@H]5CO)O[C@@H]4CO)O[C@@H]3CO. The second-order valence-electron chi connectivity index (χ2n) is 19.0. The Bertz CT molecular complexity index is 1620. The molecule has 0 aromatic carbocycles. The van der Waals surface area contributed by atoms with Gasteiger partial charge < -0.3 is 148 Å². The minimum Gasteiger partial charge on any atom is -0.394 e.